The molecule has 0 aromatic heterocycles. The lowest BCUT2D eigenvalue weighted by molar-refractivity contribution is 0.466. The van der Waals surface area contributed by atoms with Crippen molar-refractivity contribution in [2.45, 2.75) is 121 Å². The van der Waals surface area contributed by atoms with Gasteiger partial charge in [0.1, 0.15) is 0 Å². The van der Waals surface area contributed by atoms with Gasteiger partial charge in [0.2, 0.25) is 0 Å². The first-order chi connectivity index (χ1) is 13.4. The lowest BCUT2D eigenvalue weighted by Crippen LogP contribution is -2.09. The van der Waals surface area contributed by atoms with Crippen LogP contribution in [0.25, 0.3) is 0 Å². The topological polar surface area (TPSA) is 54.4 Å². The largest absolute Gasteiger partial charge is 0.294 e. The Labute approximate surface area is 174 Å². The van der Waals surface area contributed by atoms with Gasteiger partial charge in [-0.1, -0.05) is 109 Å². The molecule has 0 fully saturated rings. The smallest absolute Gasteiger partial charge is 0.282 e. The highest BCUT2D eigenvalue weighted by atomic mass is 32.2. The summed E-state index contributed by atoms with van der Waals surface area (Å²) in [7, 11) is -4.18. The number of hydrogen-bond donors (Lipinski definition) is 1. The predicted octanol–water partition coefficient (Wildman–Crippen LogP) is 7.83. The summed E-state index contributed by atoms with van der Waals surface area (Å²) in [5, 5.41) is 0. The van der Waals surface area contributed by atoms with Crippen LogP contribution in [0.4, 0.5) is 0 Å². The number of unbranched alkanes of at least 4 members (excludes halogenated alkanes) is 10. The maximum atomic E-state index is 11.9. The van der Waals surface area contributed by atoms with Gasteiger partial charge in [-0.2, -0.15) is 8.42 Å². The summed E-state index contributed by atoms with van der Waals surface area (Å²) in [5.74, 6) is 0.217. The zero-order valence-electron chi connectivity index (χ0n) is 18.4. The predicted molar refractivity (Wildman–Crippen MR) is 120 cm³/mol. The average molecular weight is 411 g/mol. The van der Waals surface area contributed by atoms with Gasteiger partial charge >= 0.3 is 0 Å². The highest BCUT2D eigenvalue weighted by Crippen LogP contribution is 2.33. The van der Waals surface area contributed by atoms with Crippen LogP contribution in [-0.4, -0.2) is 13.0 Å². The van der Waals surface area contributed by atoms with E-state index < -0.39 is 10.1 Å². The Hall–Kier alpha value is -0.870. The molecule has 0 saturated carbocycles. The van der Waals surface area contributed by atoms with Crippen LogP contribution in [0.3, 0.4) is 0 Å². The fourth-order valence-electron chi connectivity index (χ4n) is 4.02. The van der Waals surface area contributed by atoms with E-state index in [0.29, 0.717) is 0 Å². The van der Waals surface area contributed by atoms with E-state index in [1.165, 1.54) is 64.2 Å². The second-order valence-corrected chi connectivity index (χ2v) is 9.72. The van der Waals surface area contributed by atoms with Crippen LogP contribution in [0.1, 0.15) is 121 Å². The Kier molecular flexibility index (Phi) is 12.7. The molecule has 3 nitrogen and oxygen atoms in total. The third kappa shape index (κ3) is 10.1. The standard InChI is InChI=1S/C24H42O3S/c1-4-6-8-10-12-14-16-22(17-15-13-11-9-7-5-2)23-20-21(3)18-19-24(23)28(25,26)27/h18-20,22H,4-17H2,1-3H3,(H,25,26,27). The summed E-state index contributed by atoms with van der Waals surface area (Å²) in [4.78, 5) is 0.111. The molecule has 0 unspecified atom stereocenters. The molecule has 162 valence electrons. The maximum absolute atomic E-state index is 11.9. The van der Waals surface area contributed by atoms with Crippen molar-refractivity contribution in [3.63, 3.8) is 0 Å². The second-order valence-electron chi connectivity index (χ2n) is 8.33. The van der Waals surface area contributed by atoms with Crippen LogP contribution in [0, 0.1) is 6.92 Å². The van der Waals surface area contributed by atoms with E-state index >= 15 is 0 Å². The van der Waals surface area contributed by atoms with E-state index in [0.717, 1.165) is 36.8 Å². The van der Waals surface area contributed by atoms with E-state index in [4.69, 9.17) is 0 Å². The second kappa shape index (κ2) is 14.2. The molecule has 4 heteroatoms. The quantitative estimate of drug-likeness (QED) is 0.223. The van der Waals surface area contributed by atoms with Gasteiger partial charge in [-0.05, 0) is 37.3 Å². The summed E-state index contributed by atoms with van der Waals surface area (Å²) in [6, 6.07) is 5.33. The van der Waals surface area contributed by atoms with Gasteiger partial charge in [0.15, 0.2) is 0 Å². The van der Waals surface area contributed by atoms with Gasteiger partial charge < -0.3 is 0 Å². The monoisotopic (exact) mass is 410 g/mol. The number of aryl methyl sites for hydroxylation is 1. The minimum absolute atomic E-state index is 0.111. The highest BCUT2D eigenvalue weighted by Gasteiger charge is 2.22. The Morgan fingerprint density at radius 1 is 0.786 bits per heavy atom. The van der Waals surface area contributed by atoms with E-state index in [1.807, 2.05) is 13.0 Å². The zero-order chi connectivity index (χ0) is 20.8. The maximum Gasteiger partial charge on any atom is 0.294 e. The minimum atomic E-state index is -4.18. The Balaban J connectivity index is 2.78. The van der Waals surface area contributed by atoms with E-state index in [-0.39, 0.29) is 10.8 Å². The van der Waals surface area contributed by atoms with Crippen molar-refractivity contribution in [2.24, 2.45) is 0 Å². The fraction of sp³-hybridized carbons (Fsp3) is 0.750. The van der Waals surface area contributed by atoms with E-state index in [2.05, 4.69) is 13.8 Å². The van der Waals surface area contributed by atoms with Crippen LogP contribution >= 0.6 is 0 Å². The molecule has 0 spiro atoms. The molecule has 1 aromatic carbocycles. The number of benzene rings is 1. The van der Waals surface area contributed by atoms with Crippen LogP contribution in [0.15, 0.2) is 23.1 Å². The average Bonchev–Trinajstić information content (AvgIpc) is 2.64. The van der Waals surface area contributed by atoms with Gasteiger partial charge in [-0.25, -0.2) is 0 Å². The first-order valence-electron chi connectivity index (χ1n) is 11.5. The lowest BCUT2D eigenvalue weighted by Gasteiger charge is -2.20. The van der Waals surface area contributed by atoms with Gasteiger partial charge in [0.05, 0.1) is 4.90 Å². The fourth-order valence-corrected chi connectivity index (χ4v) is 4.78. The molecular formula is C24H42O3S. The summed E-state index contributed by atoms with van der Waals surface area (Å²) >= 11 is 0. The van der Waals surface area contributed by atoms with Crippen molar-refractivity contribution in [2.75, 3.05) is 0 Å². The van der Waals surface area contributed by atoms with Crippen molar-refractivity contribution < 1.29 is 13.0 Å². The molecule has 0 aliphatic rings. The molecular weight excluding hydrogens is 368 g/mol. The Morgan fingerprint density at radius 3 is 1.71 bits per heavy atom. The summed E-state index contributed by atoms with van der Waals surface area (Å²) in [5.41, 5.74) is 1.88. The van der Waals surface area contributed by atoms with Crippen LogP contribution in [0.5, 0.6) is 0 Å². The van der Waals surface area contributed by atoms with Crippen molar-refractivity contribution >= 4 is 10.1 Å². The minimum Gasteiger partial charge on any atom is -0.282 e. The lowest BCUT2D eigenvalue weighted by atomic mass is 9.87. The number of hydrogen-bond acceptors (Lipinski definition) is 2. The van der Waals surface area contributed by atoms with Gasteiger partial charge in [0, 0.05) is 0 Å². The van der Waals surface area contributed by atoms with E-state index in [9.17, 15) is 13.0 Å². The van der Waals surface area contributed by atoms with Crippen molar-refractivity contribution in [1.29, 1.82) is 0 Å². The summed E-state index contributed by atoms with van der Waals surface area (Å²) < 4.78 is 33.6. The Bertz CT molecular complexity index is 621. The van der Waals surface area contributed by atoms with Gasteiger partial charge in [0.25, 0.3) is 10.1 Å². The molecule has 1 N–H and O–H groups in total. The van der Waals surface area contributed by atoms with Crippen LogP contribution in [-0.2, 0) is 10.1 Å². The molecule has 0 aliphatic carbocycles. The van der Waals surface area contributed by atoms with Crippen LogP contribution in [0.2, 0.25) is 0 Å². The molecule has 0 aliphatic heterocycles. The molecule has 28 heavy (non-hydrogen) atoms. The van der Waals surface area contributed by atoms with E-state index in [1.54, 1.807) is 12.1 Å². The van der Waals surface area contributed by atoms with Gasteiger partial charge in [-0.15, -0.1) is 0 Å². The Morgan fingerprint density at radius 2 is 1.25 bits per heavy atom. The molecule has 1 rings (SSSR count). The van der Waals surface area contributed by atoms with Crippen molar-refractivity contribution in [1.82, 2.24) is 0 Å². The highest BCUT2D eigenvalue weighted by molar-refractivity contribution is 7.85. The first kappa shape index (κ1) is 25.2. The van der Waals surface area contributed by atoms with Crippen LogP contribution < -0.4 is 0 Å². The van der Waals surface area contributed by atoms with Gasteiger partial charge in [-0.3, -0.25) is 4.55 Å². The molecule has 0 saturated heterocycles. The molecule has 0 radical (unpaired) electrons. The molecule has 0 heterocycles. The SMILES string of the molecule is CCCCCCCCC(CCCCCCCC)c1cc(C)ccc1S(=O)(=O)O. The van der Waals surface area contributed by atoms with Crippen molar-refractivity contribution in [3.8, 4) is 0 Å². The molecule has 0 bridgehead atoms. The zero-order valence-corrected chi connectivity index (χ0v) is 19.2. The third-order valence-corrected chi connectivity index (χ3v) is 6.62. The first-order valence-corrected chi connectivity index (χ1v) is 12.9. The van der Waals surface area contributed by atoms with Crippen molar-refractivity contribution in [3.05, 3.63) is 29.3 Å². The number of rotatable bonds is 16. The normalized spacial score (nSPS) is 12.0. The third-order valence-electron chi connectivity index (χ3n) is 5.70. The summed E-state index contributed by atoms with van der Waals surface area (Å²) in [6.07, 6.45) is 16.9. The summed E-state index contributed by atoms with van der Waals surface area (Å²) in [6.45, 7) is 6.44. The molecule has 0 amide bonds. The molecule has 0 atom stereocenters. The molecule has 1 aromatic rings.